The zero-order valence-electron chi connectivity index (χ0n) is 10.7. The SMILES string of the molecule is CN(CC(C)(C)O)C(=O)c1ncccc1C(N)=O. The highest BCUT2D eigenvalue weighted by atomic mass is 16.3. The third-order valence-electron chi connectivity index (χ3n) is 2.25. The van der Waals surface area contributed by atoms with Crippen LogP contribution in [0.2, 0.25) is 0 Å². The Hall–Kier alpha value is -1.95. The number of nitrogens with two attached hydrogens (primary N) is 1. The van der Waals surface area contributed by atoms with Gasteiger partial charge in [0.05, 0.1) is 11.2 Å². The molecule has 0 saturated heterocycles. The summed E-state index contributed by atoms with van der Waals surface area (Å²) >= 11 is 0. The largest absolute Gasteiger partial charge is 0.389 e. The Kier molecular flexibility index (Phi) is 4.03. The number of carbonyl (C=O) groups excluding carboxylic acids is 2. The normalized spacial score (nSPS) is 11.1. The van der Waals surface area contributed by atoms with Gasteiger partial charge in [-0.15, -0.1) is 0 Å². The second-order valence-corrected chi connectivity index (χ2v) is 4.74. The van der Waals surface area contributed by atoms with E-state index in [1.807, 2.05) is 0 Å². The summed E-state index contributed by atoms with van der Waals surface area (Å²) in [4.78, 5) is 28.5. The molecule has 0 spiro atoms. The Balaban J connectivity index is 3.01. The van der Waals surface area contributed by atoms with E-state index in [0.717, 1.165) is 0 Å². The number of primary amides is 1. The lowest BCUT2D eigenvalue weighted by Crippen LogP contribution is -2.40. The number of likely N-dealkylation sites (N-methyl/N-ethyl adjacent to an activating group) is 1. The molecule has 18 heavy (non-hydrogen) atoms. The molecule has 6 nitrogen and oxygen atoms in total. The molecule has 0 aromatic carbocycles. The zero-order chi connectivity index (χ0) is 13.9. The summed E-state index contributed by atoms with van der Waals surface area (Å²) in [5.41, 5.74) is 4.23. The van der Waals surface area contributed by atoms with E-state index >= 15 is 0 Å². The van der Waals surface area contributed by atoms with Gasteiger partial charge in [-0.05, 0) is 26.0 Å². The molecule has 1 rings (SSSR count). The van der Waals surface area contributed by atoms with Crippen molar-refractivity contribution in [1.29, 1.82) is 0 Å². The molecule has 1 heterocycles. The molecule has 2 amide bonds. The number of hydrogen-bond donors (Lipinski definition) is 2. The number of aromatic nitrogens is 1. The lowest BCUT2D eigenvalue weighted by atomic mass is 10.1. The minimum atomic E-state index is -1.02. The van der Waals surface area contributed by atoms with Crippen LogP contribution in [0.5, 0.6) is 0 Å². The van der Waals surface area contributed by atoms with Gasteiger partial charge in [0.2, 0.25) is 0 Å². The number of amides is 2. The Morgan fingerprint density at radius 1 is 1.50 bits per heavy atom. The van der Waals surface area contributed by atoms with Crippen molar-refractivity contribution in [3.63, 3.8) is 0 Å². The van der Waals surface area contributed by atoms with Crippen LogP contribution in [0.15, 0.2) is 18.3 Å². The van der Waals surface area contributed by atoms with Gasteiger partial charge in [-0.1, -0.05) is 0 Å². The van der Waals surface area contributed by atoms with Crippen molar-refractivity contribution in [2.75, 3.05) is 13.6 Å². The molecular formula is C12H17N3O3. The van der Waals surface area contributed by atoms with Gasteiger partial charge >= 0.3 is 0 Å². The first-order chi connectivity index (χ1) is 8.22. The summed E-state index contributed by atoms with van der Waals surface area (Å²) < 4.78 is 0. The van der Waals surface area contributed by atoms with Gasteiger partial charge < -0.3 is 15.7 Å². The maximum atomic E-state index is 12.1. The van der Waals surface area contributed by atoms with Crippen LogP contribution in [0.25, 0.3) is 0 Å². The van der Waals surface area contributed by atoms with Crippen LogP contribution in [0, 0.1) is 0 Å². The highest BCUT2D eigenvalue weighted by Gasteiger charge is 2.24. The molecule has 0 fully saturated rings. The number of pyridine rings is 1. The third kappa shape index (κ3) is 3.53. The van der Waals surface area contributed by atoms with Crippen LogP contribution < -0.4 is 5.73 Å². The van der Waals surface area contributed by atoms with Crippen molar-refractivity contribution in [3.8, 4) is 0 Å². The van der Waals surface area contributed by atoms with Gasteiger partial charge in [0.15, 0.2) is 0 Å². The van der Waals surface area contributed by atoms with E-state index < -0.39 is 17.4 Å². The molecule has 0 atom stereocenters. The first-order valence-corrected chi connectivity index (χ1v) is 5.45. The molecule has 0 aliphatic carbocycles. The van der Waals surface area contributed by atoms with Crippen LogP contribution in [0.3, 0.4) is 0 Å². The fourth-order valence-corrected chi connectivity index (χ4v) is 1.61. The van der Waals surface area contributed by atoms with Gasteiger partial charge in [0.1, 0.15) is 5.69 Å². The van der Waals surface area contributed by atoms with Crippen LogP contribution in [-0.4, -0.2) is 46.0 Å². The van der Waals surface area contributed by atoms with Gasteiger partial charge in [0, 0.05) is 19.8 Å². The molecule has 0 aliphatic rings. The quantitative estimate of drug-likeness (QED) is 0.788. The molecule has 1 aromatic heterocycles. The van der Waals surface area contributed by atoms with Crippen LogP contribution in [0.1, 0.15) is 34.7 Å². The highest BCUT2D eigenvalue weighted by molar-refractivity contribution is 6.05. The van der Waals surface area contributed by atoms with Gasteiger partial charge in [0.25, 0.3) is 11.8 Å². The van der Waals surface area contributed by atoms with E-state index in [9.17, 15) is 14.7 Å². The maximum absolute atomic E-state index is 12.1. The van der Waals surface area contributed by atoms with Gasteiger partial charge in [-0.2, -0.15) is 0 Å². The number of rotatable bonds is 4. The summed E-state index contributed by atoms with van der Waals surface area (Å²) in [7, 11) is 1.53. The Morgan fingerprint density at radius 2 is 2.11 bits per heavy atom. The van der Waals surface area contributed by atoms with Crippen LogP contribution in [-0.2, 0) is 0 Å². The molecule has 0 unspecified atom stereocenters. The number of aliphatic hydroxyl groups is 1. The monoisotopic (exact) mass is 251 g/mol. The van der Waals surface area contributed by atoms with E-state index in [1.165, 1.54) is 30.3 Å². The Morgan fingerprint density at radius 3 is 2.61 bits per heavy atom. The topological polar surface area (TPSA) is 96.5 Å². The number of nitrogens with zero attached hydrogens (tertiary/aromatic N) is 2. The molecule has 0 saturated carbocycles. The summed E-state index contributed by atoms with van der Waals surface area (Å²) in [5, 5.41) is 9.66. The van der Waals surface area contributed by atoms with Gasteiger partial charge in [-0.3, -0.25) is 14.6 Å². The molecule has 98 valence electrons. The Bertz CT molecular complexity index is 466. The summed E-state index contributed by atoms with van der Waals surface area (Å²) in [5.74, 6) is -1.16. The molecule has 0 aliphatic heterocycles. The van der Waals surface area contributed by atoms with Crippen LogP contribution in [0.4, 0.5) is 0 Å². The lowest BCUT2D eigenvalue weighted by molar-refractivity contribution is 0.0364. The molecule has 0 radical (unpaired) electrons. The second-order valence-electron chi connectivity index (χ2n) is 4.74. The highest BCUT2D eigenvalue weighted by Crippen LogP contribution is 2.10. The number of carbonyl (C=O) groups is 2. The summed E-state index contributed by atoms with van der Waals surface area (Å²) in [6, 6.07) is 2.98. The maximum Gasteiger partial charge on any atom is 0.273 e. The third-order valence-corrected chi connectivity index (χ3v) is 2.25. The van der Waals surface area contributed by atoms with E-state index in [2.05, 4.69) is 4.98 Å². The van der Waals surface area contributed by atoms with E-state index in [4.69, 9.17) is 5.73 Å². The van der Waals surface area contributed by atoms with Crippen molar-refractivity contribution >= 4 is 11.8 Å². The minimum absolute atomic E-state index is 0.00301. The van der Waals surface area contributed by atoms with E-state index in [0.29, 0.717) is 0 Å². The predicted molar refractivity (Wildman–Crippen MR) is 66.0 cm³/mol. The predicted octanol–water partition coefficient (Wildman–Crippen LogP) is 0.0234. The van der Waals surface area contributed by atoms with E-state index in [1.54, 1.807) is 13.8 Å². The number of hydrogen-bond acceptors (Lipinski definition) is 4. The van der Waals surface area contributed by atoms with Crippen molar-refractivity contribution < 1.29 is 14.7 Å². The van der Waals surface area contributed by atoms with Crippen molar-refractivity contribution in [2.45, 2.75) is 19.4 Å². The standard InChI is InChI=1S/C12H17N3O3/c1-12(2,18)7-15(3)11(17)9-8(10(13)16)5-4-6-14-9/h4-6,18H,7H2,1-3H3,(H2,13,16). The fourth-order valence-electron chi connectivity index (χ4n) is 1.61. The molecule has 6 heteroatoms. The smallest absolute Gasteiger partial charge is 0.273 e. The molecule has 0 bridgehead atoms. The molecule has 1 aromatic rings. The van der Waals surface area contributed by atoms with Crippen molar-refractivity contribution in [3.05, 3.63) is 29.6 Å². The first kappa shape index (κ1) is 14.1. The first-order valence-electron chi connectivity index (χ1n) is 5.45. The van der Waals surface area contributed by atoms with Crippen molar-refractivity contribution in [1.82, 2.24) is 9.88 Å². The van der Waals surface area contributed by atoms with Crippen LogP contribution >= 0.6 is 0 Å². The van der Waals surface area contributed by atoms with Crippen molar-refractivity contribution in [2.24, 2.45) is 5.73 Å². The summed E-state index contributed by atoms with van der Waals surface area (Å²) in [6.45, 7) is 3.30. The molecular weight excluding hydrogens is 234 g/mol. The van der Waals surface area contributed by atoms with Gasteiger partial charge in [-0.25, -0.2) is 0 Å². The average molecular weight is 251 g/mol. The zero-order valence-corrected chi connectivity index (χ0v) is 10.7. The van der Waals surface area contributed by atoms with E-state index in [-0.39, 0.29) is 17.8 Å². The second kappa shape index (κ2) is 5.14. The molecule has 3 N–H and O–H groups in total. The fraction of sp³-hybridized carbons (Fsp3) is 0.417. The lowest BCUT2D eigenvalue weighted by Gasteiger charge is -2.25. The minimum Gasteiger partial charge on any atom is -0.389 e. The Labute approximate surface area is 105 Å². The average Bonchev–Trinajstić information content (AvgIpc) is 2.25. The summed E-state index contributed by atoms with van der Waals surface area (Å²) in [6.07, 6.45) is 1.41.